The van der Waals surface area contributed by atoms with Crippen LogP contribution < -0.4 is 5.73 Å². The summed E-state index contributed by atoms with van der Waals surface area (Å²) < 4.78 is 5.35. The normalized spacial score (nSPS) is 27.5. The van der Waals surface area contributed by atoms with Gasteiger partial charge in [0, 0.05) is 26.2 Å². The minimum Gasteiger partial charge on any atom is -0.378 e. The number of rotatable bonds is 5. The molecule has 3 aliphatic heterocycles. The van der Waals surface area contributed by atoms with Crippen LogP contribution >= 0.6 is 0 Å². The zero-order chi connectivity index (χ0) is 16.9. The first-order valence-electron chi connectivity index (χ1n) is 9.32. The third kappa shape index (κ3) is 4.07. The molecule has 0 aromatic carbocycles. The molecular formula is C17H30N4O3. The van der Waals surface area contributed by atoms with E-state index in [-0.39, 0.29) is 17.9 Å². The Kier molecular flexibility index (Phi) is 6.08. The number of nitrogens with zero attached hydrogens (tertiary/aromatic N) is 3. The van der Waals surface area contributed by atoms with Crippen LogP contribution in [-0.4, -0.2) is 91.1 Å². The van der Waals surface area contributed by atoms with Crippen molar-refractivity contribution in [3.8, 4) is 0 Å². The van der Waals surface area contributed by atoms with E-state index in [1.807, 2.05) is 4.90 Å². The number of ether oxygens (including phenoxy) is 1. The molecule has 3 heterocycles. The van der Waals surface area contributed by atoms with E-state index in [1.54, 1.807) is 4.90 Å². The SMILES string of the molecule is N[C@H]1CCN([C@@H](CCN2CCCCC2)C(=O)N2CCOCC2)C1=O. The second-order valence-corrected chi connectivity index (χ2v) is 7.07. The molecule has 2 N–H and O–H groups in total. The molecule has 0 radical (unpaired) electrons. The second-order valence-electron chi connectivity index (χ2n) is 7.07. The number of nitrogens with two attached hydrogens (primary N) is 1. The molecule has 7 nitrogen and oxygen atoms in total. The number of likely N-dealkylation sites (tertiary alicyclic amines) is 2. The van der Waals surface area contributed by atoms with Gasteiger partial charge in [-0.05, 0) is 38.8 Å². The largest absolute Gasteiger partial charge is 0.378 e. The summed E-state index contributed by atoms with van der Waals surface area (Å²) in [6, 6.07) is -0.814. The molecule has 136 valence electrons. The van der Waals surface area contributed by atoms with Crippen LogP contribution in [0.1, 0.15) is 32.1 Å². The van der Waals surface area contributed by atoms with Crippen LogP contribution in [0.5, 0.6) is 0 Å². The van der Waals surface area contributed by atoms with E-state index >= 15 is 0 Å². The molecule has 3 fully saturated rings. The van der Waals surface area contributed by atoms with Crippen molar-refractivity contribution in [1.29, 1.82) is 0 Å². The van der Waals surface area contributed by atoms with E-state index in [2.05, 4.69) is 4.90 Å². The lowest BCUT2D eigenvalue weighted by Crippen LogP contribution is -2.54. The molecule has 2 atom stereocenters. The Morgan fingerprint density at radius 2 is 1.83 bits per heavy atom. The van der Waals surface area contributed by atoms with Crippen LogP contribution in [0.2, 0.25) is 0 Å². The highest BCUT2D eigenvalue weighted by Crippen LogP contribution is 2.19. The molecule has 3 aliphatic rings. The third-order valence-corrected chi connectivity index (χ3v) is 5.43. The number of piperidine rings is 1. The number of carbonyl (C=O) groups is 2. The maximum absolute atomic E-state index is 13.0. The van der Waals surface area contributed by atoms with Gasteiger partial charge in [-0.25, -0.2) is 0 Å². The van der Waals surface area contributed by atoms with Crippen LogP contribution in [0.4, 0.5) is 0 Å². The fourth-order valence-electron chi connectivity index (χ4n) is 3.93. The summed E-state index contributed by atoms with van der Waals surface area (Å²) in [6.45, 7) is 6.08. The van der Waals surface area contributed by atoms with Crippen LogP contribution in [0.3, 0.4) is 0 Å². The quantitative estimate of drug-likeness (QED) is 0.741. The Labute approximate surface area is 144 Å². The third-order valence-electron chi connectivity index (χ3n) is 5.43. The van der Waals surface area contributed by atoms with Gasteiger partial charge in [0.05, 0.1) is 19.3 Å². The lowest BCUT2D eigenvalue weighted by Gasteiger charge is -2.36. The number of hydrogen-bond donors (Lipinski definition) is 1. The zero-order valence-electron chi connectivity index (χ0n) is 14.5. The zero-order valence-corrected chi connectivity index (χ0v) is 14.5. The molecule has 0 aromatic rings. The molecule has 0 bridgehead atoms. The minimum absolute atomic E-state index is 0.0674. The van der Waals surface area contributed by atoms with Gasteiger partial charge in [-0.15, -0.1) is 0 Å². The first-order valence-corrected chi connectivity index (χ1v) is 9.32. The van der Waals surface area contributed by atoms with E-state index in [4.69, 9.17) is 10.5 Å². The molecule has 0 aliphatic carbocycles. The van der Waals surface area contributed by atoms with Crippen molar-refractivity contribution in [3.05, 3.63) is 0 Å². The molecule has 0 saturated carbocycles. The van der Waals surface area contributed by atoms with Crippen molar-refractivity contribution in [2.45, 2.75) is 44.2 Å². The molecular weight excluding hydrogens is 308 g/mol. The van der Waals surface area contributed by atoms with Crippen molar-refractivity contribution in [2.24, 2.45) is 5.73 Å². The van der Waals surface area contributed by atoms with E-state index < -0.39 is 6.04 Å². The Morgan fingerprint density at radius 1 is 1.12 bits per heavy atom. The highest BCUT2D eigenvalue weighted by molar-refractivity contribution is 5.91. The molecule has 0 unspecified atom stereocenters. The number of carbonyl (C=O) groups excluding carboxylic acids is 2. The van der Waals surface area contributed by atoms with Crippen molar-refractivity contribution < 1.29 is 14.3 Å². The first-order chi connectivity index (χ1) is 11.7. The fourth-order valence-corrected chi connectivity index (χ4v) is 3.93. The van der Waals surface area contributed by atoms with Crippen molar-refractivity contribution >= 4 is 11.8 Å². The predicted molar refractivity (Wildman–Crippen MR) is 90.4 cm³/mol. The first kappa shape index (κ1) is 17.6. The summed E-state index contributed by atoms with van der Waals surface area (Å²) in [5.41, 5.74) is 5.88. The van der Waals surface area contributed by atoms with E-state index in [1.165, 1.54) is 19.3 Å². The molecule has 0 spiro atoms. The average molecular weight is 338 g/mol. The van der Waals surface area contributed by atoms with Crippen LogP contribution in [0.15, 0.2) is 0 Å². The Morgan fingerprint density at radius 3 is 2.46 bits per heavy atom. The monoisotopic (exact) mass is 338 g/mol. The molecule has 24 heavy (non-hydrogen) atoms. The second kappa shape index (κ2) is 8.27. The minimum atomic E-state index is -0.444. The van der Waals surface area contributed by atoms with Crippen LogP contribution in [0.25, 0.3) is 0 Å². The van der Waals surface area contributed by atoms with Gasteiger partial charge in [0.2, 0.25) is 11.8 Å². The van der Waals surface area contributed by atoms with Gasteiger partial charge in [0.15, 0.2) is 0 Å². The number of amides is 2. The van der Waals surface area contributed by atoms with E-state index in [9.17, 15) is 9.59 Å². The Balaban J connectivity index is 1.65. The average Bonchev–Trinajstić information content (AvgIpc) is 2.96. The molecule has 7 heteroatoms. The van der Waals surface area contributed by atoms with Crippen molar-refractivity contribution in [1.82, 2.24) is 14.7 Å². The van der Waals surface area contributed by atoms with Gasteiger partial charge >= 0.3 is 0 Å². The maximum Gasteiger partial charge on any atom is 0.245 e. The fraction of sp³-hybridized carbons (Fsp3) is 0.882. The van der Waals surface area contributed by atoms with Gasteiger partial charge in [0.25, 0.3) is 0 Å². The lowest BCUT2D eigenvalue weighted by molar-refractivity contribution is -0.147. The molecule has 0 aromatic heterocycles. The summed E-state index contributed by atoms with van der Waals surface area (Å²) in [5, 5.41) is 0. The summed E-state index contributed by atoms with van der Waals surface area (Å²) >= 11 is 0. The Bertz CT molecular complexity index is 447. The van der Waals surface area contributed by atoms with Gasteiger partial charge in [0.1, 0.15) is 6.04 Å². The van der Waals surface area contributed by atoms with Crippen molar-refractivity contribution in [2.75, 3.05) is 52.5 Å². The van der Waals surface area contributed by atoms with Gasteiger partial charge in [-0.2, -0.15) is 0 Å². The van der Waals surface area contributed by atoms with Crippen molar-refractivity contribution in [3.63, 3.8) is 0 Å². The smallest absolute Gasteiger partial charge is 0.245 e. The predicted octanol–water partition coefficient (Wildman–Crippen LogP) is -0.351. The van der Waals surface area contributed by atoms with Gasteiger partial charge in [-0.3, -0.25) is 9.59 Å². The summed E-state index contributed by atoms with van der Waals surface area (Å²) in [4.78, 5) is 31.4. The van der Waals surface area contributed by atoms with Gasteiger partial charge < -0.3 is 25.2 Å². The lowest BCUT2D eigenvalue weighted by atomic mass is 10.1. The molecule has 3 rings (SSSR count). The standard InChI is InChI=1S/C17H30N4O3/c18-14-4-9-21(16(14)22)15(5-8-19-6-2-1-3-7-19)17(23)20-10-12-24-13-11-20/h14-15H,1-13,18H2/t14-,15-/m0/s1. The van der Waals surface area contributed by atoms with Crippen LogP contribution in [0, 0.1) is 0 Å². The maximum atomic E-state index is 13.0. The topological polar surface area (TPSA) is 79.1 Å². The summed E-state index contributed by atoms with van der Waals surface area (Å²) in [7, 11) is 0. The summed E-state index contributed by atoms with van der Waals surface area (Å²) in [5.74, 6) is -0.00184. The number of hydrogen-bond acceptors (Lipinski definition) is 5. The Hall–Kier alpha value is -1.18. The highest BCUT2D eigenvalue weighted by Gasteiger charge is 2.39. The molecule has 3 saturated heterocycles. The summed E-state index contributed by atoms with van der Waals surface area (Å²) in [6.07, 6.45) is 5.11. The van der Waals surface area contributed by atoms with E-state index in [0.717, 1.165) is 19.6 Å². The van der Waals surface area contributed by atoms with Crippen LogP contribution in [-0.2, 0) is 14.3 Å². The number of morpholine rings is 1. The van der Waals surface area contributed by atoms with Gasteiger partial charge in [-0.1, -0.05) is 6.42 Å². The highest BCUT2D eigenvalue weighted by atomic mass is 16.5. The van der Waals surface area contributed by atoms with E-state index in [0.29, 0.717) is 45.7 Å². The molecule has 2 amide bonds.